The van der Waals surface area contributed by atoms with E-state index in [2.05, 4.69) is 25.7 Å². The molecule has 0 N–H and O–H groups in total. The number of ether oxygens (including phenoxy) is 3. The van der Waals surface area contributed by atoms with Crippen LogP contribution in [0.1, 0.15) is 240 Å². The average molecular weight is 780 g/mol. The first-order valence-corrected chi connectivity index (χ1v) is 23.7. The molecule has 326 valence electrons. The van der Waals surface area contributed by atoms with E-state index in [9.17, 15) is 14.4 Å². The second kappa shape index (κ2) is 37.9. The zero-order valence-corrected chi connectivity index (χ0v) is 37.8. The summed E-state index contributed by atoms with van der Waals surface area (Å²) < 4.78 is 17.5. The first-order chi connectivity index (χ1) is 26.5. The molecule has 0 bridgehead atoms. The van der Waals surface area contributed by atoms with Gasteiger partial charge in [0.1, 0.15) is 6.10 Å². The maximum absolute atomic E-state index is 13.3. The Balaban J connectivity index is 4.60. The van der Waals surface area contributed by atoms with Crippen molar-refractivity contribution in [3.05, 3.63) is 0 Å². The summed E-state index contributed by atoms with van der Waals surface area (Å²) in [5.41, 5.74) is -0.489. The monoisotopic (exact) mass is 780 g/mol. The molecule has 55 heavy (non-hydrogen) atoms. The predicted octanol–water partition coefficient (Wildman–Crippen LogP) is 13.7. The lowest BCUT2D eigenvalue weighted by Crippen LogP contribution is -2.28. The van der Waals surface area contributed by atoms with Gasteiger partial charge in [-0.05, 0) is 105 Å². The fraction of sp³-hybridized carbons (Fsp3) is 0.938. The first-order valence-electron chi connectivity index (χ1n) is 23.7. The van der Waals surface area contributed by atoms with Crippen molar-refractivity contribution >= 4 is 17.9 Å². The van der Waals surface area contributed by atoms with Crippen molar-refractivity contribution in [2.45, 2.75) is 246 Å². The second-order valence-electron chi connectivity index (χ2n) is 17.7. The standard InChI is InChI=1S/C48H93NO6/c1-8-11-14-17-22-29-37-45(50)53-41-31-23-18-21-27-35-44(55-46(51)38-32-40-49(6)7)36-28-24-30-39-48(4,5)47(52)54-42-43(33-25-19-15-12-9-2)34-26-20-16-13-10-3/h43-44H,8-42H2,1-7H3. The third-order valence-electron chi connectivity index (χ3n) is 11.2. The van der Waals surface area contributed by atoms with Gasteiger partial charge in [0, 0.05) is 12.8 Å². The predicted molar refractivity (Wildman–Crippen MR) is 232 cm³/mol. The zero-order chi connectivity index (χ0) is 40.8. The van der Waals surface area contributed by atoms with Crippen LogP contribution < -0.4 is 0 Å². The van der Waals surface area contributed by atoms with Gasteiger partial charge >= 0.3 is 17.9 Å². The number of carbonyl (C=O) groups excluding carboxylic acids is 3. The normalized spacial score (nSPS) is 12.4. The van der Waals surface area contributed by atoms with Crippen molar-refractivity contribution in [1.82, 2.24) is 4.90 Å². The van der Waals surface area contributed by atoms with Crippen LogP contribution in [0.25, 0.3) is 0 Å². The van der Waals surface area contributed by atoms with E-state index in [-0.39, 0.29) is 24.0 Å². The molecule has 0 saturated carbocycles. The van der Waals surface area contributed by atoms with E-state index in [0.717, 1.165) is 96.4 Å². The lowest BCUT2D eigenvalue weighted by Gasteiger charge is -2.25. The Morgan fingerprint density at radius 3 is 1.51 bits per heavy atom. The Labute approximate surface area is 341 Å². The average Bonchev–Trinajstić information content (AvgIpc) is 3.15. The summed E-state index contributed by atoms with van der Waals surface area (Å²) in [5.74, 6) is 0.295. The molecule has 0 radical (unpaired) electrons. The Morgan fingerprint density at radius 2 is 0.964 bits per heavy atom. The van der Waals surface area contributed by atoms with E-state index in [4.69, 9.17) is 14.2 Å². The molecule has 0 aliphatic rings. The SMILES string of the molecule is CCCCCCCCC(=O)OCCCCCCCC(CCCCCC(C)(C)C(=O)OCC(CCCCCCC)CCCCCCC)OC(=O)CCCN(C)C. The highest BCUT2D eigenvalue weighted by Gasteiger charge is 2.29. The van der Waals surface area contributed by atoms with Gasteiger partial charge in [0.15, 0.2) is 0 Å². The van der Waals surface area contributed by atoms with Crippen molar-refractivity contribution in [3.63, 3.8) is 0 Å². The van der Waals surface area contributed by atoms with Crippen molar-refractivity contribution in [3.8, 4) is 0 Å². The maximum atomic E-state index is 13.3. The molecule has 1 unspecified atom stereocenters. The van der Waals surface area contributed by atoms with E-state index in [0.29, 0.717) is 32.0 Å². The number of unbranched alkanes of at least 4 members (excludes halogenated alkanes) is 19. The topological polar surface area (TPSA) is 82.1 Å². The van der Waals surface area contributed by atoms with Crippen LogP contribution in [0.2, 0.25) is 0 Å². The van der Waals surface area contributed by atoms with Crippen molar-refractivity contribution in [1.29, 1.82) is 0 Å². The number of carbonyl (C=O) groups is 3. The lowest BCUT2D eigenvalue weighted by atomic mass is 9.86. The van der Waals surface area contributed by atoms with E-state index < -0.39 is 5.41 Å². The molecule has 0 aromatic carbocycles. The minimum Gasteiger partial charge on any atom is -0.466 e. The largest absolute Gasteiger partial charge is 0.466 e. The van der Waals surface area contributed by atoms with E-state index in [1.807, 2.05) is 27.9 Å². The molecule has 1 atom stereocenters. The summed E-state index contributed by atoms with van der Waals surface area (Å²) in [6.45, 7) is 12.8. The Kier molecular flexibility index (Phi) is 36.8. The molecule has 0 spiro atoms. The van der Waals surface area contributed by atoms with E-state index >= 15 is 0 Å². The molecular formula is C48H93NO6. The van der Waals surface area contributed by atoms with Crippen LogP contribution in [0.15, 0.2) is 0 Å². The van der Waals surface area contributed by atoms with Crippen LogP contribution in [-0.4, -0.2) is 62.8 Å². The summed E-state index contributed by atoms with van der Waals surface area (Å²) in [5, 5.41) is 0. The molecule has 0 saturated heterocycles. The highest BCUT2D eigenvalue weighted by atomic mass is 16.5. The Hall–Kier alpha value is -1.63. The third kappa shape index (κ3) is 35.3. The summed E-state index contributed by atoms with van der Waals surface area (Å²) in [7, 11) is 4.05. The Bertz CT molecular complexity index is 876. The van der Waals surface area contributed by atoms with Crippen molar-refractivity contribution in [2.24, 2.45) is 11.3 Å². The molecule has 0 aromatic rings. The van der Waals surface area contributed by atoms with Gasteiger partial charge in [0.2, 0.25) is 0 Å². The van der Waals surface area contributed by atoms with Gasteiger partial charge in [-0.3, -0.25) is 14.4 Å². The molecular weight excluding hydrogens is 687 g/mol. The highest BCUT2D eigenvalue weighted by molar-refractivity contribution is 5.75. The van der Waals surface area contributed by atoms with Crippen molar-refractivity contribution < 1.29 is 28.6 Å². The first kappa shape index (κ1) is 53.4. The lowest BCUT2D eigenvalue weighted by molar-refractivity contribution is -0.156. The van der Waals surface area contributed by atoms with E-state index in [1.165, 1.54) is 103 Å². The number of hydrogen-bond donors (Lipinski definition) is 0. The number of nitrogens with zero attached hydrogens (tertiary/aromatic N) is 1. The fourth-order valence-corrected chi connectivity index (χ4v) is 7.35. The molecule has 0 aliphatic heterocycles. The number of hydrogen-bond acceptors (Lipinski definition) is 7. The van der Waals surface area contributed by atoms with E-state index in [1.54, 1.807) is 0 Å². The maximum Gasteiger partial charge on any atom is 0.311 e. The summed E-state index contributed by atoms with van der Waals surface area (Å²) in [4.78, 5) is 40.0. The minimum atomic E-state index is -0.489. The molecule has 0 amide bonds. The second-order valence-corrected chi connectivity index (χ2v) is 17.7. The van der Waals surface area contributed by atoms with Gasteiger partial charge in [0.05, 0.1) is 18.6 Å². The van der Waals surface area contributed by atoms with Crippen LogP contribution in [0.4, 0.5) is 0 Å². The van der Waals surface area contributed by atoms with Gasteiger partial charge < -0.3 is 19.1 Å². The number of rotatable bonds is 41. The van der Waals surface area contributed by atoms with Gasteiger partial charge in [-0.25, -0.2) is 0 Å². The molecule has 7 heteroatoms. The van der Waals surface area contributed by atoms with Crippen LogP contribution in [0.5, 0.6) is 0 Å². The molecule has 0 rings (SSSR count). The van der Waals surface area contributed by atoms with Gasteiger partial charge in [0.25, 0.3) is 0 Å². The van der Waals surface area contributed by atoms with Crippen LogP contribution in [0, 0.1) is 11.3 Å². The van der Waals surface area contributed by atoms with Gasteiger partial charge in [-0.1, -0.05) is 149 Å². The minimum absolute atomic E-state index is 0.0476. The summed E-state index contributed by atoms with van der Waals surface area (Å²) in [6, 6.07) is 0. The summed E-state index contributed by atoms with van der Waals surface area (Å²) >= 11 is 0. The van der Waals surface area contributed by atoms with Crippen molar-refractivity contribution in [2.75, 3.05) is 33.9 Å². The Morgan fingerprint density at radius 1 is 0.509 bits per heavy atom. The molecule has 0 heterocycles. The highest BCUT2D eigenvalue weighted by Crippen LogP contribution is 2.28. The number of esters is 3. The van der Waals surface area contributed by atoms with Crippen LogP contribution in [-0.2, 0) is 28.6 Å². The fourth-order valence-electron chi connectivity index (χ4n) is 7.35. The van der Waals surface area contributed by atoms with Crippen LogP contribution in [0.3, 0.4) is 0 Å². The zero-order valence-electron chi connectivity index (χ0n) is 37.8. The molecule has 7 nitrogen and oxygen atoms in total. The quantitative estimate of drug-likeness (QED) is 0.0347. The molecule has 0 aliphatic carbocycles. The van der Waals surface area contributed by atoms with Crippen LogP contribution >= 0.6 is 0 Å². The molecule has 0 fully saturated rings. The smallest absolute Gasteiger partial charge is 0.311 e. The van der Waals surface area contributed by atoms with Gasteiger partial charge in [-0.15, -0.1) is 0 Å². The third-order valence-corrected chi connectivity index (χ3v) is 11.2. The van der Waals surface area contributed by atoms with Gasteiger partial charge in [-0.2, -0.15) is 0 Å². The molecule has 0 aromatic heterocycles. The summed E-state index contributed by atoms with van der Waals surface area (Å²) in [6.07, 6.45) is 34.8.